The van der Waals surface area contributed by atoms with Crippen LogP contribution in [0.2, 0.25) is 0 Å². The third-order valence-electron chi connectivity index (χ3n) is 19.8. The second kappa shape index (κ2) is 22.4. The van der Waals surface area contributed by atoms with Crippen molar-refractivity contribution in [1.82, 2.24) is 13.7 Å². The Morgan fingerprint density at radius 1 is 0.287 bits per heavy atom. The van der Waals surface area contributed by atoms with E-state index in [1.807, 2.05) is 24.3 Å². The summed E-state index contributed by atoms with van der Waals surface area (Å²) in [4.78, 5) is 0.481. The van der Waals surface area contributed by atoms with E-state index in [9.17, 15) is 8.42 Å². The Kier molecular flexibility index (Phi) is 13.2. The minimum Gasteiger partial charge on any atom is -0.309 e. The van der Waals surface area contributed by atoms with E-state index in [1.165, 1.54) is 88.5 Å². The molecular formula is C88H61N3O2S. The molecule has 446 valence electrons. The highest BCUT2D eigenvalue weighted by Gasteiger charge is 2.26. The summed E-state index contributed by atoms with van der Waals surface area (Å²) in [5.41, 5.74) is 25.7. The van der Waals surface area contributed by atoms with Crippen LogP contribution in [0.4, 0.5) is 0 Å². The number of fused-ring (bicyclic) bond motifs is 12. The molecule has 17 aromatic rings. The summed E-state index contributed by atoms with van der Waals surface area (Å²) in [6, 6.07) is 116. The van der Waals surface area contributed by atoms with E-state index in [-0.39, 0.29) is 9.79 Å². The van der Waals surface area contributed by atoms with Crippen molar-refractivity contribution in [3.05, 3.63) is 344 Å². The molecule has 0 aliphatic heterocycles. The van der Waals surface area contributed by atoms with E-state index in [0.717, 1.165) is 85.6 Å². The Balaban J connectivity index is 0.650. The van der Waals surface area contributed by atoms with Gasteiger partial charge in [0, 0.05) is 49.4 Å². The van der Waals surface area contributed by atoms with Gasteiger partial charge in [-0.1, -0.05) is 200 Å². The molecule has 0 N–H and O–H groups in total. The predicted molar refractivity (Wildman–Crippen MR) is 390 cm³/mol. The first-order valence-electron chi connectivity index (χ1n) is 32.4. The lowest BCUT2D eigenvalue weighted by molar-refractivity contribution is 0.596. The van der Waals surface area contributed by atoms with Gasteiger partial charge >= 0.3 is 0 Å². The molecule has 0 bridgehead atoms. The van der Waals surface area contributed by atoms with Crippen LogP contribution in [0.1, 0.15) is 29.0 Å². The van der Waals surface area contributed by atoms with Crippen LogP contribution in [0.15, 0.2) is 337 Å². The monoisotopic (exact) mass is 1220 g/mol. The maximum atomic E-state index is 14.7. The summed E-state index contributed by atoms with van der Waals surface area (Å²) in [6.07, 6.45) is 2.93. The molecule has 3 heterocycles. The largest absolute Gasteiger partial charge is 0.309 e. The molecule has 1 atom stereocenters. The molecule has 0 saturated heterocycles. The normalized spacial score (nSPS) is 13.3. The molecule has 0 radical (unpaired) electrons. The summed E-state index contributed by atoms with van der Waals surface area (Å²) in [6.45, 7) is 0. The van der Waals surface area contributed by atoms with Gasteiger partial charge in [-0.15, -0.1) is 0 Å². The van der Waals surface area contributed by atoms with Gasteiger partial charge in [-0.05, 0) is 225 Å². The number of benzene rings is 14. The minimum absolute atomic E-state index is 0.238. The maximum Gasteiger partial charge on any atom is 0.206 e. The van der Waals surface area contributed by atoms with Crippen LogP contribution < -0.4 is 0 Å². The molecule has 0 spiro atoms. The van der Waals surface area contributed by atoms with Crippen molar-refractivity contribution in [3.63, 3.8) is 0 Å². The molecule has 14 aromatic carbocycles. The van der Waals surface area contributed by atoms with Gasteiger partial charge in [0.2, 0.25) is 9.84 Å². The molecule has 5 nitrogen and oxygen atoms in total. The number of aryl methyl sites for hydroxylation is 1. The van der Waals surface area contributed by atoms with Gasteiger partial charge in [0.25, 0.3) is 0 Å². The topological polar surface area (TPSA) is 48.9 Å². The fourth-order valence-electron chi connectivity index (χ4n) is 15.2. The third kappa shape index (κ3) is 9.31. The quantitative estimate of drug-likeness (QED) is 0.130. The second-order valence-corrected chi connectivity index (χ2v) is 27.1. The lowest BCUT2D eigenvalue weighted by Crippen LogP contribution is -2.05. The highest BCUT2D eigenvalue weighted by molar-refractivity contribution is 7.91. The van der Waals surface area contributed by atoms with Crippen molar-refractivity contribution in [2.45, 2.75) is 35.0 Å². The van der Waals surface area contributed by atoms with Crippen molar-refractivity contribution < 1.29 is 8.42 Å². The number of para-hydroxylation sites is 2. The van der Waals surface area contributed by atoms with Gasteiger partial charge < -0.3 is 13.7 Å². The predicted octanol–water partition coefficient (Wildman–Crippen LogP) is 22.4. The Hall–Kier alpha value is -11.6. The molecule has 1 aliphatic carbocycles. The van der Waals surface area contributed by atoms with Crippen molar-refractivity contribution >= 4 is 75.3 Å². The van der Waals surface area contributed by atoms with E-state index < -0.39 is 9.84 Å². The van der Waals surface area contributed by atoms with Crippen LogP contribution >= 0.6 is 0 Å². The zero-order valence-electron chi connectivity index (χ0n) is 51.4. The van der Waals surface area contributed by atoms with Crippen LogP contribution in [0, 0.1) is 0 Å². The van der Waals surface area contributed by atoms with Gasteiger partial charge in [0.15, 0.2) is 0 Å². The summed E-state index contributed by atoms with van der Waals surface area (Å²) < 4.78 is 36.3. The number of sulfone groups is 1. The first kappa shape index (κ1) is 55.3. The van der Waals surface area contributed by atoms with Crippen LogP contribution in [0.25, 0.3) is 138 Å². The van der Waals surface area contributed by atoms with Gasteiger partial charge in [-0.25, -0.2) is 8.42 Å². The molecule has 6 heteroatoms. The Labute approximate surface area is 545 Å². The molecular weight excluding hydrogens is 1160 g/mol. The molecule has 0 amide bonds. The van der Waals surface area contributed by atoms with E-state index in [4.69, 9.17) is 0 Å². The standard InChI is InChI=1S/C88H61N3O2S/c92-94(93,73-44-39-70(40-45-73)90-84-28-16-14-26-76(84)82-57-71(41-50-88(82)90)91-86-48-35-66(61-21-9-3-10-22-61)55-80(86)81-56-67(36-49-87(81)91)62-23-11-4-12-24-62)72-42-37-69(38-43-72)89-83-27-15-13-25-75(83)79-52-58(29-47-85(79)89)51-68-33-31-63-30-32-64(59-17-5-1-6-18-59)53-77(63)78-54-65(34-46-74(68)78)60-19-7-2-8-20-60/h1-30,32,34-50,52-57,68H,31,33,51H2. The van der Waals surface area contributed by atoms with Gasteiger partial charge in [0.1, 0.15) is 0 Å². The highest BCUT2D eigenvalue weighted by Crippen LogP contribution is 2.45. The van der Waals surface area contributed by atoms with Crippen LogP contribution in [-0.4, -0.2) is 22.1 Å². The molecule has 18 rings (SSSR count). The van der Waals surface area contributed by atoms with E-state index in [2.05, 4.69) is 293 Å². The Morgan fingerprint density at radius 2 is 0.660 bits per heavy atom. The summed E-state index contributed by atoms with van der Waals surface area (Å²) in [5, 5.41) is 6.94. The van der Waals surface area contributed by atoms with Crippen LogP contribution in [0.5, 0.6) is 0 Å². The number of rotatable bonds is 11. The molecule has 3 aromatic heterocycles. The zero-order valence-corrected chi connectivity index (χ0v) is 52.3. The number of aromatic nitrogens is 3. The maximum absolute atomic E-state index is 14.7. The number of hydrogen-bond donors (Lipinski definition) is 0. The van der Waals surface area contributed by atoms with Crippen molar-refractivity contribution in [2.75, 3.05) is 0 Å². The SMILES string of the molecule is O=S(=O)(c1ccc(-n2c3ccccc3c3cc(CC4CCc5ccc(-c6ccccc6)cc5-c5cc(-c6ccccc6)ccc54)ccc32)cc1)c1ccc(-n2c3ccccc3c3cc(-n4c5ccc(-c6ccccc6)cc5c5cc(-c6ccccc6)ccc54)ccc32)cc1. The first-order valence-corrected chi connectivity index (χ1v) is 33.9. The average molecular weight is 1220 g/mol. The Bertz CT molecular complexity index is 5830. The minimum atomic E-state index is -3.90. The fraction of sp³-hybridized carbons (Fsp3) is 0.0455. The number of hydrogen-bond acceptors (Lipinski definition) is 2. The van der Waals surface area contributed by atoms with Crippen LogP contribution in [-0.2, 0) is 22.7 Å². The summed E-state index contributed by atoms with van der Waals surface area (Å²) in [5.74, 6) is 0.302. The first-order chi connectivity index (χ1) is 46.3. The molecule has 1 unspecified atom stereocenters. The molecule has 94 heavy (non-hydrogen) atoms. The van der Waals surface area contributed by atoms with E-state index in [1.54, 1.807) is 24.3 Å². The van der Waals surface area contributed by atoms with Crippen LogP contribution in [0.3, 0.4) is 0 Å². The Morgan fingerprint density at radius 3 is 1.17 bits per heavy atom. The second-order valence-electron chi connectivity index (χ2n) is 25.1. The summed E-state index contributed by atoms with van der Waals surface area (Å²) in [7, 11) is -3.90. The molecule has 0 fully saturated rings. The van der Waals surface area contributed by atoms with Gasteiger partial charge in [0.05, 0.1) is 42.9 Å². The summed E-state index contributed by atoms with van der Waals surface area (Å²) >= 11 is 0. The van der Waals surface area contributed by atoms with Crippen molar-refractivity contribution in [1.29, 1.82) is 0 Å². The third-order valence-corrected chi connectivity index (χ3v) is 21.6. The molecule has 0 saturated carbocycles. The average Bonchev–Trinajstić information content (AvgIpc) is 1.58. The fourth-order valence-corrected chi connectivity index (χ4v) is 16.5. The lowest BCUT2D eigenvalue weighted by atomic mass is 9.84. The van der Waals surface area contributed by atoms with E-state index in [0.29, 0.717) is 5.92 Å². The van der Waals surface area contributed by atoms with Crippen molar-refractivity contribution in [3.8, 4) is 72.7 Å². The number of nitrogens with zero attached hydrogens (tertiary/aromatic N) is 3. The van der Waals surface area contributed by atoms with Crippen molar-refractivity contribution in [2.24, 2.45) is 0 Å². The molecule has 1 aliphatic rings. The highest BCUT2D eigenvalue weighted by atomic mass is 32.2. The smallest absolute Gasteiger partial charge is 0.206 e. The van der Waals surface area contributed by atoms with Gasteiger partial charge in [-0.3, -0.25) is 0 Å². The lowest BCUT2D eigenvalue weighted by Gasteiger charge is -2.20. The zero-order chi connectivity index (χ0) is 62.4. The van der Waals surface area contributed by atoms with Gasteiger partial charge in [-0.2, -0.15) is 0 Å². The van der Waals surface area contributed by atoms with E-state index >= 15 is 0 Å².